The highest BCUT2D eigenvalue weighted by molar-refractivity contribution is 6.68. The fourth-order valence-electron chi connectivity index (χ4n) is 0.865. The van der Waals surface area contributed by atoms with Gasteiger partial charge in [-0.2, -0.15) is 0 Å². The number of benzene rings is 1. The Kier molecular flexibility index (Phi) is 3.64. The molecule has 0 fully saturated rings. The van der Waals surface area contributed by atoms with Crippen molar-refractivity contribution in [3.05, 3.63) is 35.1 Å². The van der Waals surface area contributed by atoms with Crippen molar-refractivity contribution < 1.29 is 9.18 Å². The zero-order valence-corrected chi connectivity index (χ0v) is 9.55. The van der Waals surface area contributed by atoms with Crippen LogP contribution in [0.5, 0.6) is 0 Å². The Hall–Kier alpha value is -0.0200. The molecule has 1 aromatic carbocycles. The van der Waals surface area contributed by atoms with Gasteiger partial charge in [0.1, 0.15) is 5.82 Å². The van der Waals surface area contributed by atoms with E-state index in [1.54, 1.807) is 0 Å². The van der Waals surface area contributed by atoms with E-state index in [2.05, 4.69) is 0 Å². The maximum Gasteiger partial charge on any atom is 0.252 e. The van der Waals surface area contributed by atoms with Crippen LogP contribution in [0.4, 0.5) is 4.39 Å². The molecule has 1 rings (SSSR count). The lowest BCUT2D eigenvalue weighted by molar-refractivity contribution is 0.108. The standard InChI is InChI=1S/C8H3Cl4FO/c9-7(14)4-1-2-6(13)5(3-4)8(10,11)12/h1-3H. The Labute approximate surface area is 99.7 Å². The van der Waals surface area contributed by atoms with E-state index in [1.165, 1.54) is 6.07 Å². The lowest BCUT2D eigenvalue weighted by Crippen LogP contribution is -2.05. The van der Waals surface area contributed by atoms with Crippen molar-refractivity contribution in [1.29, 1.82) is 0 Å². The summed E-state index contributed by atoms with van der Waals surface area (Å²) in [5, 5.41) is -0.736. The summed E-state index contributed by atoms with van der Waals surface area (Å²) in [5.74, 6) is -0.702. The first-order chi connectivity index (χ1) is 6.32. The number of rotatable bonds is 1. The van der Waals surface area contributed by atoms with E-state index in [4.69, 9.17) is 46.4 Å². The Bertz CT molecular complexity index is 372. The Balaban J connectivity index is 3.29. The van der Waals surface area contributed by atoms with Gasteiger partial charge in [0.25, 0.3) is 5.24 Å². The van der Waals surface area contributed by atoms with Gasteiger partial charge >= 0.3 is 0 Å². The van der Waals surface area contributed by atoms with E-state index in [9.17, 15) is 9.18 Å². The van der Waals surface area contributed by atoms with E-state index in [-0.39, 0.29) is 11.1 Å². The molecule has 0 unspecified atom stereocenters. The average molecular weight is 276 g/mol. The van der Waals surface area contributed by atoms with Gasteiger partial charge in [0.2, 0.25) is 3.79 Å². The van der Waals surface area contributed by atoms with Crippen molar-refractivity contribution in [2.24, 2.45) is 0 Å². The van der Waals surface area contributed by atoms with Crippen molar-refractivity contribution in [1.82, 2.24) is 0 Å². The molecular formula is C8H3Cl4FO. The molecule has 0 radical (unpaired) electrons. The third-order valence-electron chi connectivity index (χ3n) is 1.50. The summed E-state index contributed by atoms with van der Waals surface area (Å²) in [4.78, 5) is 10.7. The molecule has 0 aromatic heterocycles. The summed E-state index contributed by atoms with van der Waals surface area (Å²) in [7, 11) is 0. The number of halogens is 5. The molecule has 0 heterocycles. The zero-order valence-electron chi connectivity index (χ0n) is 6.53. The highest BCUT2D eigenvalue weighted by Gasteiger charge is 2.27. The zero-order chi connectivity index (χ0) is 10.9. The molecule has 6 heteroatoms. The number of alkyl halides is 3. The molecule has 1 nitrogen and oxygen atoms in total. The van der Waals surface area contributed by atoms with Crippen molar-refractivity contribution in [2.45, 2.75) is 3.79 Å². The van der Waals surface area contributed by atoms with E-state index < -0.39 is 14.9 Å². The molecule has 0 atom stereocenters. The topological polar surface area (TPSA) is 17.1 Å². The van der Waals surface area contributed by atoms with Crippen LogP contribution in [0, 0.1) is 5.82 Å². The second-order valence-electron chi connectivity index (χ2n) is 2.47. The Morgan fingerprint density at radius 1 is 1.29 bits per heavy atom. The Morgan fingerprint density at radius 2 is 1.86 bits per heavy atom. The molecule has 0 amide bonds. The van der Waals surface area contributed by atoms with Gasteiger partial charge < -0.3 is 0 Å². The van der Waals surface area contributed by atoms with Crippen molar-refractivity contribution in [3.63, 3.8) is 0 Å². The van der Waals surface area contributed by atoms with Gasteiger partial charge in [0.15, 0.2) is 0 Å². The summed E-state index contributed by atoms with van der Waals surface area (Å²) in [6.07, 6.45) is 0. The highest BCUT2D eigenvalue weighted by Crippen LogP contribution is 2.39. The van der Waals surface area contributed by atoms with Crippen molar-refractivity contribution in [3.8, 4) is 0 Å². The van der Waals surface area contributed by atoms with Gasteiger partial charge in [-0.05, 0) is 29.8 Å². The van der Waals surface area contributed by atoms with Gasteiger partial charge in [0.05, 0.1) is 0 Å². The van der Waals surface area contributed by atoms with Gasteiger partial charge in [-0.3, -0.25) is 4.79 Å². The summed E-state index contributed by atoms with van der Waals surface area (Å²) in [6.45, 7) is 0. The average Bonchev–Trinajstić information content (AvgIpc) is 2.02. The van der Waals surface area contributed by atoms with Crippen LogP contribution in [0.15, 0.2) is 18.2 Å². The monoisotopic (exact) mass is 274 g/mol. The van der Waals surface area contributed by atoms with Crippen LogP contribution in [0.3, 0.4) is 0 Å². The van der Waals surface area contributed by atoms with E-state index in [1.807, 2.05) is 0 Å². The summed E-state index contributed by atoms with van der Waals surface area (Å²) in [6, 6.07) is 3.34. The van der Waals surface area contributed by atoms with Crippen LogP contribution < -0.4 is 0 Å². The fourth-order valence-corrected chi connectivity index (χ4v) is 1.42. The quantitative estimate of drug-likeness (QED) is 0.559. The molecule has 1 aromatic rings. The molecule has 0 spiro atoms. The van der Waals surface area contributed by atoms with Crippen LogP contribution in [0.2, 0.25) is 0 Å². The molecule has 0 aliphatic heterocycles. The third kappa shape index (κ3) is 2.74. The molecule has 0 aliphatic rings. The normalized spacial score (nSPS) is 11.5. The number of hydrogen-bond acceptors (Lipinski definition) is 1. The molecule has 0 saturated carbocycles. The highest BCUT2D eigenvalue weighted by atomic mass is 35.6. The predicted molar refractivity (Wildman–Crippen MR) is 55.8 cm³/mol. The summed E-state index contributed by atoms with van der Waals surface area (Å²) in [5.41, 5.74) is -0.122. The maximum absolute atomic E-state index is 13.1. The largest absolute Gasteiger partial charge is 0.276 e. The molecule has 76 valence electrons. The molecule has 0 saturated heterocycles. The smallest absolute Gasteiger partial charge is 0.252 e. The second kappa shape index (κ2) is 4.23. The molecule has 0 aliphatic carbocycles. The number of carbonyl (C=O) groups excluding carboxylic acids is 1. The van der Waals surface area contributed by atoms with Crippen molar-refractivity contribution in [2.75, 3.05) is 0 Å². The molecule has 0 bridgehead atoms. The summed E-state index contributed by atoms with van der Waals surface area (Å²) < 4.78 is 11.2. The second-order valence-corrected chi connectivity index (χ2v) is 5.09. The first kappa shape index (κ1) is 12.1. The molecule has 0 N–H and O–H groups in total. The SMILES string of the molecule is O=C(Cl)c1ccc(F)c(C(Cl)(Cl)Cl)c1. The minimum absolute atomic E-state index is 0.0781. The first-order valence-corrected chi connectivity index (χ1v) is 4.90. The van der Waals surface area contributed by atoms with Crippen LogP contribution in [0.1, 0.15) is 15.9 Å². The van der Waals surface area contributed by atoms with Gasteiger partial charge in [0, 0.05) is 11.1 Å². The van der Waals surface area contributed by atoms with E-state index in [0.29, 0.717) is 0 Å². The van der Waals surface area contributed by atoms with Gasteiger partial charge in [-0.25, -0.2) is 4.39 Å². The van der Waals surface area contributed by atoms with Crippen LogP contribution in [-0.2, 0) is 3.79 Å². The minimum Gasteiger partial charge on any atom is -0.276 e. The van der Waals surface area contributed by atoms with Gasteiger partial charge in [-0.15, -0.1) is 0 Å². The Morgan fingerprint density at radius 3 is 2.29 bits per heavy atom. The van der Waals surface area contributed by atoms with Crippen LogP contribution in [-0.4, -0.2) is 5.24 Å². The lowest BCUT2D eigenvalue weighted by atomic mass is 10.1. The van der Waals surface area contributed by atoms with E-state index in [0.717, 1.165) is 12.1 Å². The van der Waals surface area contributed by atoms with E-state index >= 15 is 0 Å². The maximum atomic E-state index is 13.1. The summed E-state index contributed by atoms with van der Waals surface area (Å²) >= 11 is 21.6. The minimum atomic E-state index is -1.91. The third-order valence-corrected chi connectivity index (χ3v) is 2.33. The molecular weight excluding hydrogens is 273 g/mol. The predicted octanol–water partition coefficient (Wildman–Crippen LogP) is 4.03. The first-order valence-electron chi connectivity index (χ1n) is 3.39. The van der Waals surface area contributed by atoms with Crippen molar-refractivity contribution >= 4 is 51.6 Å². The fraction of sp³-hybridized carbons (Fsp3) is 0.125. The lowest BCUT2D eigenvalue weighted by Gasteiger charge is -2.12. The van der Waals surface area contributed by atoms with Gasteiger partial charge in [-0.1, -0.05) is 34.8 Å². The number of hydrogen-bond donors (Lipinski definition) is 0. The van der Waals surface area contributed by atoms with Crippen LogP contribution in [0.25, 0.3) is 0 Å². The number of carbonyl (C=O) groups is 1. The van der Waals surface area contributed by atoms with Crippen LogP contribution >= 0.6 is 46.4 Å². The molecule has 14 heavy (non-hydrogen) atoms.